The monoisotopic (exact) mass is 207 g/mol. The van der Waals surface area contributed by atoms with E-state index in [0.29, 0.717) is 6.04 Å². The zero-order chi connectivity index (χ0) is 11.0. The van der Waals surface area contributed by atoms with Gasteiger partial charge >= 0.3 is 0 Å². The van der Waals surface area contributed by atoms with E-state index in [1.165, 1.54) is 19.3 Å². The van der Waals surface area contributed by atoms with Crippen LogP contribution in [0.3, 0.4) is 0 Å². The summed E-state index contributed by atoms with van der Waals surface area (Å²) in [5, 5.41) is 4.29. The molecular formula is C11H17N3O. The van der Waals surface area contributed by atoms with Crippen molar-refractivity contribution in [1.29, 1.82) is 0 Å². The van der Waals surface area contributed by atoms with Gasteiger partial charge in [0, 0.05) is 20.1 Å². The number of aldehydes is 1. The van der Waals surface area contributed by atoms with Crippen molar-refractivity contribution in [2.75, 3.05) is 11.9 Å². The third-order valence-electron chi connectivity index (χ3n) is 3.31. The molecule has 1 aromatic heterocycles. The van der Waals surface area contributed by atoms with Crippen molar-refractivity contribution in [2.45, 2.75) is 32.2 Å². The summed E-state index contributed by atoms with van der Waals surface area (Å²) in [5.74, 6) is 0.951. The minimum absolute atomic E-state index is 0.582. The Morgan fingerprint density at radius 3 is 2.67 bits per heavy atom. The number of nitrogens with zero attached hydrogens (tertiary/aromatic N) is 3. The largest absolute Gasteiger partial charge is 0.356 e. The van der Waals surface area contributed by atoms with Crippen molar-refractivity contribution in [1.82, 2.24) is 9.78 Å². The molecule has 2 rings (SSSR count). The summed E-state index contributed by atoms with van der Waals surface area (Å²) < 4.78 is 1.80. The van der Waals surface area contributed by atoms with Gasteiger partial charge in [0.25, 0.3) is 0 Å². The molecule has 4 nitrogen and oxygen atoms in total. The molecule has 1 aliphatic carbocycles. The number of rotatable bonds is 3. The van der Waals surface area contributed by atoms with Crippen LogP contribution >= 0.6 is 0 Å². The van der Waals surface area contributed by atoms with Crippen molar-refractivity contribution in [3.63, 3.8) is 0 Å². The quantitative estimate of drug-likeness (QED) is 0.705. The Morgan fingerprint density at radius 1 is 1.53 bits per heavy atom. The maximum Gasteiger partial charge on any atom is 0.155 e. The Kier molecular flexibility index (Phi) is 2.50. The molecule has 1 aliphatic rings. The molecule has 1 aromatic rings. The normalized spacial score (nSPS) is 16.2. The zero-order valence-electron chi connectivity index (χ0n) is 9.53. The summed E-state index contributed by atoms with van der Waals surface area (Å²) in [4.78, 5) is 13.2. The predicted molar refractivity (Wildman–Crippen MR) is 59.4 cm³/mol. The number of aryl methyl sites for hydroxylation is 2. The van der Waals surface area contributed by atoms with Gasteiger partial charge in [-0.3, -0.25) is 9.48 Å². The molecule has 1 fully saturated rings. The number of aromatic nitrogens is 2. The lowest BCUT2D eigenvalue weighted by atomic mass is 9.92. The average molecular weight is 207 g/mol. The molecule has 82 valence electrons. The van der Waals surface area contributed by atoms with Crippen molar-refractivity contribution in [3.8, 4) is 0 Å². The summed E-state index contributed by atoms with van der Waals surface area (Å²) in [6.45, 7) is 1.88. The molecule has 1 heterocycles. The third-order valence-corrected chi connectivity index (χ3v) is 3.31. The second-order valence-electron chi connectivity index (χ2n) is 4.26. The molecule has 0 aromatic carbocycles. The number of hydrogen-bond acceptors (Lipinski definition) is 3. The predicted octanol–water partition coefficient (Wildman–Crippen LogP) is 1.53. The van der Waals surface area contributed by atoms with Gasteiger partial charge in [0.2, 0.25) is 0 Å². The van der Waals surface area contributed by atoms with Crippen LogP contribution in [0.25, 0.3) is 0 Å². The molecular weight excluding hydrogens is 190 g/mol. The fourth-order valence-corrected chi connectivity index (χ4v) is 2.17. The molecule has 0 N–H and O–H groups in total. The molecule has 15 heavy (non-hydrogen) atoms. The molecule has 0 radical (unpaired) electrons. The van der Waals surface area contributed by atoms with Crippen LogP contribution in [0.5, 0.6) is 0 Å². The highest BCUT2D eigenvalue weighted by Gasteiger charge is 2.26. The van der Waals surface area contributed by atoms with Crippen LogP contribution < -0.4 is 4.90 Å². The standard InChI is InChI=1S/C11H17N3O/c1-8-10(7-15)11(14(3)12-8)13(2)9-5-4-6-9/h7,9H,4-6H2,1-3H3. The van der Waals surface area contributed by atoms with Crippen LogP contribution in [-0.2, 0) is 7.05 Å². The van der Waals surface area contributed by atoms with Gasteiger partial charge in [-0.2, -0.15) is 5.10 Å². The van der Waals surface area contributed by atoms with Crippen LogP contribution in [0.4, 0.5) is 5.82 Å². The van der Waals surface area contributed by atoms with Crippen LogP contribution in [0, 0.1) is 6.92 Å². The van der Waals surface area contributed by atoms with Crippen molar-refractivity contribution in [2.24, 2.45) is 7.05 Å². The maximum atomic E-state index is 11.0. The van der Waals surface area contributed by atoms with Gasteiger partial charge in [0.05, 0.1) is 11.3 Å². The molecule has 0 bridgehead atoms. The van der Waals surface area contributed by atoms with Gasteiger partial charge in [-0.1, -0.05) is 0 Å². The van der Waals surface area contributed by atoms with Gasteiger partial charge in [0.15, 0.2) is 6.29 Å². The van der Waals surface area contributed by atoms with Crippen LogP contribution in [0.2, 0.25) is 0 Å². The van der Waals surface area contributed by atoms with E-state index in [9.17, 15) is 4.79 Å². The smallest absolute Gasteiger partial charge is 0.155 e. The lowest BCUT2D eigenvalue weighted by Crippen LogP contribution is -2.38. The van der Waals surface area contributed by atoms with Crippen LogP contribution in [0.1, 0.15) is 35.3 Å². The van der Waals surface area contributed by atoms with Crippen LogP contribution in [-0.4, -0.2) is 29.2 Å². The minimum Gasteiger partial charge on any atom is -0.356 e. The first-order chi connectivity index (χ1) is 7.15. The number of carbonyl (C=O) groups excluding carboxylic acids is 1. The lowest BCUT2D eigenvalue weighted by molar-refractivity contribution is 0.112. The molecule has 4 heteroatoms. The van der Waals surface area contributed by atoms with E-state index in [-0.39, 0.29) is 0 Å². The molecule has 0 aliphatic heterocycles. The van der Waals surface area contributed by atoms with E-state index in [4.69, 9.17) is 0 Å². The highest BCUT2D eigenvalue weighted by atomic mass is 16.1. The summed E-state index contributed by atoms with van der Waals surface area (Å²) in [6.07, 6.45) is 4.65. The van der Waals surface area contributed by atoms with Crippen molar-refractivity contribution in [3.05, 3.63) is 11.3 Å². The highest BCUT2D eigenvalue weighted by molar-refractivity contribution is 5.84. The number of anilines is 1. The summed E-state index contributed by atoms with van der Waals surface area (Å²) >= 11 is 0. The number of hydrogen-bond donors (Lipinski definition) is 0. The van der Waals surface area contributed by atoms with E-state index in [1.54, 1.807) is 4.68 Å². The van der Waals surface area contributed by atoms with Crippen LogP contribution in [0.15, 0.2) is 0 Å². The first kappa shape index (κ1) is 10.2. The third kappa shape index (κ3) is 1.54. The Morgan fingerprint density at radius 2 is 2.20 bits per heavy atom. The minimum atomic E-state index is 0.582. The van der Waals surface area contributed by atoms with Gasteiger partial charge in [0.1, 0.15) is 5.82 Å². The van der Waals surface area contributed by atoms with Gasteiger partial charge < -0.3 is 4.90 Å². The SMILES string of the molecule is Cc1nn(C)c(N(C)C2CCC2)c1C=O. The van der Waals surface area contributed by atoms with E-state index in [0.717, 1.165) is 23.4 Å². The maximum absolute atomic E-state index is 11.0. The molecule has 0 unspecified atom stereocenters. The molecule has 1 saturated carbocycles. The summed E-state index contributed by atoms with van der Waals surface area (Å²) in [7, 11) is 3.94. The highest BCUT2D eigenvalue weighted by Crippen LogP contribution is 2.30. The number of carbonyl (C=O) groups is 1. The average Bonchev–Trinajstić information content (AvgIpc) is 2.37. The Balaban J connectivity index is 2.36. The molecule has 0 amide bonds. The summed E-state index contributed by atoms with van der Waals surface area (Å²) in [6, 6.07) is 0.582. The molecule has 0 atom stereocenters. The first-order valence-electron chi connectivity index (χ1n) is 5.36. The van der Waals surface area contributed by atoms with Crippen molar-refractivity contribution >= 4 is 12.1 Å². The zero-order valence-corrected chi connectivity index (χ0v) is 9.53. The van der Waals surface area contributed by atoms with E-state index in [2.05, 4.69) is 10.00 Å². The summed E-state index contributed by atoms with van der Waals surface area (Å²) in [5.41, 5.74) is 1.54. The van der Waals surface area contributed by atoms with E-state index < -0.39 is 0 Å². The van der Waals surface area contributed by atoms with Gasteiger partial charge in [-0.25, -0.2) is 0 Å². The van der Waals surface area contributed by atoms with E-state index in [1.807, 2.05) is 21.0 Å². The fourth-order valence-electron chi connectivity index (χ4n) is 2.17. The molecule has 0 saturated heterocycles. The fraction of sp³-hybridized carbons (Fsp3) is 0.636. The Hall–Kier alpha value is -1.32. The van der Waals surface area contributed by atoms with Gasteiger partial charge in [-0.15, -0.1) is 0 Å². The lowest BCUT2D eigenvalue weighted by Gasteiger charge is -2.36. The Bertz CT molecular complexity index is 379. The van der Waals surface area contributed by atoms with Gasteiger partial charge in [-0.05, 0) is 26.2 Å². The second-order valence-corrected chi connectivity index (χ2v) is 4.26. The van der Waals surface area contributed by atoms with Crippen molar-refractivity contribution < 1.29 is 4.79 Å². The molecule has 0 spiro atoms. The first-order valence-corrected chi connectivity index (χ1v) is 5.36. The Labute approximate surface area is 89.9 Å². The topological polar surface area (TPSA) is 38.1 Å². The van der Waals surface area contributed by atoms with E-state index >= 15 is 0 Å². The second kappa shape index (κ2) is 3.68.